The van der Waals surface area contributed by atoms with Crippen molar-refractivity contribution in [2.75, 3.05) is 0 Å². The topological polar surface area (TPSA) is 32.6 Å². The van der Waals surface area contributed by atoms with E-state index < -0.39 is 14.3 Å². The number of hydrogen-bond donors (Lipinski definition) is 1. The molecule has 0 aromatic heterocycles. The molecule has 0 fully saturated rings. The molecule has 0 bridgehead atoms. The van der Waals surface area contributed by atoms with Crippen molar-refractivity contribution < 1.29 is 5.11 Å². The predicted molar refractivity (Wildman–Crippen MR) is 75.8 cm³/mol. The molecule has 0 saturated heterocycles. The predicted octanol–water partition coefficient (Wildman–Crippen LogP) is 2.50. The second kappa shape index (κ2) is 6.38. The zero-order chi connectivity index (χ0) is 12.7. The molecule has 0 aliphatic carbocycles. The molecule has 0 aliphatic rings. The molecule has 0 unspecified atom stereocenters. The molecule has 0 spiro atoms. The lowest BCUT2D eigenvalue weighted by atomic mass is 10.1. The Morgan fingerprint density at radius 1 is 1.29 bits per heavy atom. The van der Waals surface area contributed by atoms with Gasteiger partial charge in [-0.15, -0.1) is 5.54 Å². The first-order chi connectivity index (χ1) is 7.97. The van der Waals surface area contributed by atoms with Crippen LogP contribution in [0.4, 0.5) is 0 Å². The first-order valence-electron chi connectivity index (χ1n) is 5.74. The summed E-state index contributed by atoms with van der Waals surface area (Å²) in [7, 11) is -1.34. The fourth-order valence-corrected chi connectivity index (χ4v) is 1.75. The lowest BCUT2D eigenvalue weighted by molar-refractivity contribution is 0.186. The Labute approximate surface area is 104 Å². The van der Waals surface area contributed by atoms with Crippen LogP contribution in [0.3, 0.4) is 0 Å². The fourth-order valence-electron chi connectivity index (χ4n) is 1.25. The van der Waals surface area contributed by atoms with E-state index in [1.54, 1.807) is 0 Å². The van der Waals surface area contributed by atoms with Gasteiger partial charge >= 0.3 is 0 Å². The minimum absolute atomic E-state index is 0.534. The van der Waals surface area contributed by atoms with E-state index >= 15 is 0 Å². The van der Waals surface area contributed by atoms with Crippen LogP contribution in [0.5, 0.6) is 0 Å². The summed E-state index contributed by atoms with van der Waals surface area (Å²) in [5.41, 5.74) is 4.25. The van der Waals surface area contributed by atoms with Crippen LogP contribution in [-0.4, -0.2) is 25.6 Å². The molecule has 17 heavy (non-hydrogen) atoms. The number of rotatable bonds is 3. The molecule has 0 heterocycles. The van der Waals surface area contributed by atoms with Crippen molar-refractivity contribution in [3.8, 4) is 11.5 Å². The maximum Gasteiger partial charge on any atom is 0.149 e. The van der Waals surface area contributed by atoms with Crippen LogP contribution in [0.15, 0.2) is 35.3 Å². The molecule has 1 rings (SSSR count). The van der Waals surface area contributed by atoms with Gasteiger partial charge in [0.1, 0.15) is 14.3 Å². The van der Waals surface area contributed by atoms with Crippen LogP contribution in [0, 0.1) is 11.5 Å². The molecule has 90 valence electrons. The highest BCUT2D eigenvalue weighted by molar-refractivity contribution is 6.84. The number of aliphatic hydroxyl groups is 1. The lowest BCUT2D eigenvalue weighted by Crippen LogP contribution is -2.16. The molecule has 3 heteroatoms. The Hall–Kier alpha value is -1.37. The van der Waals surface area contributed by atoms with Crippen LogP contribution < -0.4 is 0 Å². The average Bonchev–Trinajstić information content (AvgIpc) is 2.25. The Morgan fingerprint density at radius 2 is 1.94 bits per heavy atom. The van der Waals surface area contributed by atoms with E-state index in [-0.39, 0.29) is 0 Å². The standard InChI is InChI=1S/C14H19NOSi/c1-17(2,3)11-7-10-15-14(16)12-13-8-5-4-6-9-13/h4-6,8-10,14,16H,12H2,1-3H3/t14-/m0/s1. The first kappa shape index (κ1) is 13.7. The minimum atomic E-state index is -1.34. The molecular formula is C14H19NOSi. The van der Waals surface area contributed by atoms with Crippen molar-refractivity contribution in [2.24, 2.45) is 4.99 Å². The highest BCUT2D eigenvalue weighted by atomic mass is 28.3. The number of benzene rings is 1. The molecule has 0 saturated carbocycles. The van der Waals surface area contributed by atoms with Gasteiger partial charge in [-0.25, -0.2) is 0 Å². The Bertz CT molecular complexity index is 423. The number of aliphatic hydroxyl groups excluding tert-OH is 1. The molecule has 1 aromatic rings. The van der Waals surface area contributed by atoms with Gasteiger partial charge in [-0.05, 0) is 5.56 Å². The van der Waals surface area contributed by atoms with Crippen molar-refractivity contribution >= 4 is 14.3 Å². The van der Waals surface area contributed by atoms with Gasteiger partial charge in [-0.1, -0.05) is 55.9 Å². The largest absolute Gasteiger partial charge is 0.371 e. The van der Waals surface area contributed by atoms with Crippen molar-refractivity contribution in [2.45, 2.75) is 32.3 Å². The smallest absolute Gasteiger partial charge is 0.149 e. The molecule has 0 amide bonds. The third-order valence-corrected chi connectivity index (χ3v) is 2.91. The lowest BCUT2D eigenvalue weighted by Gasteiger charge is -2.04. The summed E-state index contributed by atoms with van der Waals surface area (Å²) >= 11 is 0. The number of aliphatic imine (C=N–C) groups is 1. The summed E-state index contributed by atoms with van der Waals surface area (Å²) in [5.74, 6) is 2.90. The maximum atomic E-state index is 9.68. The van der Waals surface area contributed by atoms with E-state index in [4.69, 9.17) is 0 Å². The van der Waals surface area contributed by atoms with Crippen LogP contribution in [0.25, 0.3) is 0 Å². The SMILES string of the molecule is C[Si](C)(C)C#CC=N[C@@H](O)Cc1ccccc1. The normalized spacial score (nSPS) is 13.2. The zero-order valence-corrected chi connectivity index (χ0v) is 11.6. The number of nitrogens with zero attached hydrogens (tertiary/aromatic N) is 1. The van der Waals surface area contributed by atoms with Crippen molar-refractivity contribution in [3.63, 3.8) is 0 Å². The third-order valence-electron chi connectivity index (χ3n) is 2.02. The molecule has 0 aliphatic heterocycles. The monoisotopic (exact) mass is 245 g/mol. The van der Waals surface area contributed by atoms with Crippen molar-refractivity contribution in [1.29, 1.82) is 0 Å². The zero-order valence-electron chi connectivity index (χ0n) is 10.6. The van der Waals surface area contributed by atoms with E-state index in [1.165, 1.54) is 6.21 Å². The van der Waals surface area contributed by atoms with Crippen LogP contribution in [0.1, 0.15) is 5.56 Å². The van der Waals surface area contributed by atoms with Gasteiger partial charge in [0.15, 0.2) is 0 Å². The van der Waals surface area contributed by atoms with Gasteiger partial charge in [0.2, 0.25) is 0 Å². The van der Waals surface area contributed by atoms with Gasteiger partial charge in [-0.2, -0.15) is 0 Å². The first-order valence-corrected chi connectivity index (χ1v) is 9.24. The fraction of sp³-hybridized carbons (Fsp3) is 0.357. The van der Waals surface area contributed by atoms with Gasteiger partial charge in [-0.3, -0.25) is 4.99 Å². The quantitative estimate of drug-likeness (QED) is 0.495. The summed E-state index contributed by atoms with van der Waals surface area (Å²) in [6.07, 6.45) is 1.35. The minimum Gasteiger partial charge on any atom is -0.371 e. The van der Waals surface area contributed by atoms with Gasteiger partial charge in [0.05, 0.1) is 6.21 Å². The summed E-state index contributed by atoms with van der Waals surface area (Å²) < 4.78 is 0. The summed E-state index contributed by atoms with van der Waals surface area (Å²) in [6, 6.07) is 9.82. The van der Waals surface area contributed by atoms with Crippen LogP contribution in [-0.2, 0) is 6.42 Å². The van der Waals surface area contributed by atoms with E-state index in [2.05, 4.69) is 36.1 Å². The van der Waals surface area contributed by atoms with Crippen LogP contribution >= 0.6 is 0 Å². The van der Waals surface area contributed by atoms with Crippen molar-refractivity contribution in [1.82, 2.24) is 0 Å². The molecule has 1 atom stereocenters. The summed E-state index contributed by atoms with van der Waals surface area (Å²) in [5, 5.41) is 9.68. The van der Waals surface area contributed by atoms with E-state index in [1.807, 2.05) is 30.3 Å². The highest BCUT2D eigenvalue weighted by Crippen LogP contribution is 2.03. The van der Waals surface area contributed by atoms with E-state index in [9.17, 15) is 5.11 Å². The van der Waals surface area contributed by atoms with Gasteiger partial charge in [0, 0.05) is 6.42 Å². The summed E-state index contributed by atoms with van der Waals surface area (Å²) in [6.45, 7) is 6.52. The number of hydrogen-bond acceptors (Lipinski definition) is 2. The Balaban J connectivity index is 2.47. The summed E-state index contributed by atoms with van der Waals surface area (Å²) in [4.78, 5) is 4.00. The second-order valence-corrected chi connectivity index (χ2v) is 9.72. The second-order valence-electron chi connectivity index (χ2n) is 4.97. The maximum absolute atomic E-state index is 9.68. The molecule has 0 radical (unpaired) electrons. The van der Waals surface area contributed by atoms with Gasteiger partial charge in [0.25, 0.3) is 0 Å². The highest BCUT2D eigenvalue weighted by Gasteiger charge is 2.06. The molecular weight excluding hydrogens is 226 g/mol. The Morgan fingerprint density at radius 3 is 2.53 bits per heavy atom. The van der Waals surface area contributed by atoms with Crippen LogP contribution in [0.2, 0.25) is 19.6 Å². The molecule has 1 N–H and O–H groups in total. The Kier molecular flexibility index (Phi) is 5.14. The molecule has 1 aromatic carbocycles. The van der Waals surface area contributed by atoms with Gasteiger partial charge < -0.3 is 5.11 Å². The third kappa shape index (κ3) is 6.72. The van der Waals surface area contributed by atoms with E-state index in [0.29, 0.717) is 6.42 Å². The van der Waals surface area contributed by atoms with Crippen molar-refractivity contribution in [3.05, 3.63) is 35.9 Å². The molecule has 2 nitrogen and oxygen atoms in total. The van der Waals surface area contributed by atoms with E-state index in [0.717, 1.165) is 5.56 Å². The average molecular weight is 245 g/mol.